The van der Waals surface area contributed by atoms with Crippen LogP contribution in [0.3, 0.4) is 0 Å². The number of amides is 2. The molecule has 0 fully saturated rings. The van der Waals surface area contributed by atoms with Gasteiger partial charge in [0.2, 0.25) is 5.91 Å². The summed E-state index contributed by atoms with van der Waals surface area (Å²) in [4.78, 5) is 24.4. The molecule has 2 N–H and O–H groups in total. The smallest absolute Gasteiger partial charge is 0.271 e. The van der Waals surface area contributed by atoms with E-state index in [1.54, 1.807) is 19.1 Å². The van der Waals surface area contributed by atoms with Crippen molar-refractivity contribution in [3.63, 3.8) is 0 Å². The van der Waals surface area contributed by atoms with Gasteiger partial charge in [-0.3, -0.25) is 9.59 Å². The number of carbonyl (C=O) groups excluding carboxylic acids is 2. The highest BCUT2D eigenvalue weighted by Crippen LogP contribution is 2.27. The molecule has 3 rings (SSSR count). The maximum Gasteiger partial charge on any atom is 0.271 e. The number of nitrogens with zero attached hydrogens (tertiary/aromatic N) is 1. The first-order valence-electron chi connectivity index (χ1n) is 9.34. The van der Waals surface area contributed by atoms with E-state index in [1.165, 1.54) is 17.5 Å². The Hall–Kier alpha value is -2.95. The van der Waals surface area contributed by atoms with Crippen molar-refractivity contribution in [1.82, 2.24) is 5.43 Å². The second-order valence-corrected chi connectivity index (χ2v) is 7.03. The molecule has 5 heteroatoms. The molecule has 0 aromatic heterocycles. The topological polar surface area (TPSA) is 70.6 Å². The Morgan fingerprint density at radius 3 is 2.56 bits per heavy atom. The molecule has 0 bridgehead atoms. The van der Waals surface area contributed by atoms with Crippen LogP contribution in [0.5, 0.6) is 0 Å². The summed E-state index contributed by atoms with van der Waals surface area (Å²) >= 11 is 0. The van der Waals surface area contributed by atoms with Gasteiger partial charge in [0.25, 0.3) is 5.91 Å². The summed E-state index contributed by atoms with van der Waals surface area (Å²) in [6.07, 6.45) is 4.58. The van der Waals surface area contributed by atoms with Gasteiger partial charge >= 0.3 is 0 Å². The Labute approximate surface area is 159 Å². The number of aryl methyl sites for hydroxylation is 2. The Bertz CT molecular complexity index is 870. The second-order valence-electron chi connectivity index (χ2n) is 7.03. The van der Waals surface area contributed by atoms with E-state index in [0.717, 1.165) is 30.5 Å². The summed E-state index contributed by atoms with van der Waals surface area (Å²) in [5.74, 6) is -0.410. The molecule has 0 radical (unpaired) electrons. The Balaban J connectivity index is 1.57. The van der Waals surface area contributed by atoms with Crippen LogP contribution in [0.25, 0.3) is 0 Å². The molecule has 0 saturated heterocycles. The van der Waals surface area contributed by atoms with Crippen LogP contribution in [0, 0.1) is 6.92 Å². The molecule has 2 aromatic rings. The lowest BCUT2D eigenvalue weighted by Crippen LogP contribution is -2.22. The standard InChI is InChI=1S/C22H25N3O2/c1-15-10-12-18(13-11-15)22(27)25-24-16(2)14-21(26)23-20-9-5-7-17-6-3-4-8-19(17)20/h5,7,9-13H,3-4,6,8,14H2,1-2H3,(H,23,26)(H,25,27). The van der Waals surface area contributed by atoms with E-state index in [9.17, 15) is 9.59 Å². The van der Waals surface area contributed by atoms with Crippen LogP contribution in [0.2, 0.25) is 0 Å². The normalized spacial score (nSPS) is 13.6. The van der Waals surface area contributed by atoms with Gasteiger partial charge in [-0.15, -0.1) is 0 Å². The Kier molecular flexibility index (Phi) is 6.01. The molecule has 0 aliphatic heterocycles. The van der Waals surface area contributed by atoms with Gasteiger partial charge < -0.3 is 5.32 Å². The Morgan fingerprint density at radius 2 is 1.78 bits per heavy atom. The predicted molar refractivity (Wildman–Crippen MR) is 108 cm³/mol. The molecular weight excluding hydrogens is 338 g/mol. The largest absolute Gasteiger partial charge is 0.325 e. The van der Waals surface area contributed by atoms with E-state index in [2.05, 4.69) is 21.9 Å². The maximum atomic E-state index is 12.4. The minimum atomic E-state index is -0.285. The zero-order valence-electron chi connectivity index (χ0n) is 15.8. The molecule has 1 aliphatic rings. The van der Waals surface area contributed by atoms with Gasteiger partial charge in [-0.25, -0.2) is 5.43 Å². The van der Waals surface area contributed by atoms with Gasteiger partial charge in [0.1, 0.15) is 0 Å². The molecule has 0 heterocycles. The van der Waals surface area contributed by atoms with E-state index in [1.807, 2.05) is 31.2 Å². The summed E-state index contributed by atoms with van der Waals surface area (Å²) in [6, 6.07) is 13.3. The zero-order chi connectivity index (χ0) is 19.2. The third-order valence-electron chi connectivity index (χ3n) is 4.75. The molecule has 140 valence electrons. The van der Waals surface area contributed by atoms with Crippen molar-refractivity contribution in [2.24, 2.45) is 5.10 Å². The van der Waals surface area contributed by atoms with Crippen LogP contribution in [0.15, 0.2) is 47.6 Å². The van der Waals surface area contributed by atoms with Crippen molar-refractivity contribution in [1.29, 1.82) is 0 Å². The number of fused-ring (bicyclic) bond motifs is 1. The zero-order valence-corrected chi connectivity index (χ0v) is 15.8. The van der Waals surface area contributed by atoms with Crippen LogP contribution in [0.1, 0.15) is 53.2 Å². The number of anilines is 1. The van der Waals surface area contributed by atoms with Gasteiger partial charge in [-0.05, 0) is 68.9 Å². The third-order valence-corrected chi connectivity index (χ3v) is 4.75. The average Bonchev–Trinajstić information content (AvgIpc) is 2.67. The maximum absolute atomic E-state index is 12.4. The van der Waals surface area contributed by atoms with Crippen LogP contribution in [-0.4, -0.2) is 17.5 Å². The molecule has 0 unspecified atom stereocenters. The fraction of sp³-hybridized carbons (Fsp3) is 0.318. The number of carbonyl (C=O) groups is 2. The number of benzene rings is 2. The Morgan fingerprint density at radius 1 is 1.04 bits per heavy atom. The highest BCUT2D eigenvalue weighted by atomic mass is 16.2. The molecular formula is C22H25N3O2. The first kappa shape index (κ1) is 18.8. The summed E-state index contributed by atoms with van der Waals surface area (Å²) < 4.78 is 0. The lowest BCUT2D eigenvalue weighted by molar-refractivity contribution is -0.115. The molecule has 0 spiro atoms. The first-order valence-corrected chi connectivity index (χ1v) is 9.34. The van der Waals surface area contributed by atoms with E-state index in [0.29, 0.717) is 11.3 Å². The van der Waals surface area contributed by atoms with Crippen molar-refractivity contribution in [3.05, 3.63) is 64.7 Å². The summed E-state index contributed by atoms with van der Waals surface area (Å²) in [5.41, 5.74) is 8.16. The molecule has 2 amide bonds. The van der Waals surface area contributed by atoms with E-state index in [4.69, 9.17) is 0 Å². The quantitative estimate of drug-likeness (QED) is 0.622. The van der Waals surface area contributed by atoms with Gasteiger partial charge in [-0.1, -0.05) is 29.8 Å². The summed E-state index contributed by atoms with van der Waals surface area (Å²) in [7, 11) is 0. The first-order chi connectivity index (χ1) is 13.0. The predicted octanol–water partition coefficient (Wildman–Crippen LogP) is 4.01. The average molecular weight is 363 g/mol. The van der Waals surface area contributed by atoms with Crippen LogP contribution in [-0.2, 0) is 17.6 Å². The van der Waals surface area contributed by atoms with Gasteiger partial charge in [-0.2, -0.15) is 5.10 Å². The third kappa shape index (κ3) is 5.03. The van der Waals surface area contributed by atoms with E-state index >= 15 is 0 Å². The van der Waals surface area contributed by atoms with Crippen LogP contribution in [0.4, 0.5) is 5.69 Å². The SMILES string of the molecule is CC(CC(=O)Nc1cccc2c1CCCC2)=NNC(=O)c1ccc(C)cc1. The van der Waals surface area contributed by atoms with Crippen LogP contribution < -0.4 is 10.7 Å². The summed E-state index contributed by atoms with van der Waals surface area (Å²) in [5, 5.41) is 7.04. The van der Waals surface area contributed by atoms with E-state index < -0.39 is 0 Å². The van der Waals surface area contributed by atoms with Crippen molar-refractivity contribution >= 4 is 23.2 Å². The van der Waals surface area contributed by atoms with Gasteiger partial charge in [0.15, 0.2) is 0 Å². The van der Waals surface area contributed by atoms with Crippen molar-refractivity contribution < 1.29 is 9.59 Å². The second kappa shape index (κ2) is 8.62. The highest BCUT2D eigenvalue weighted by Gasteiger charge is 2.15. The number of nitrogens with one attached hydrogen (secondary N) is 2. The lowest BCUT2D eigenvalue weighted by atomic mass is 9.90. The molecule has 0 atom stereocenters. The summed E-state index contributed by atoms with van der Waals surface area (Å²) in [6.45, 7) is 3.70. The number of hydrogen-bond acceptors (Lipinski definition) is 3. The lowest BCUT2D eigenvalue weighted by Gasteiger charge is -2.19. The number of hydrogen-bond donors (Lipinski definition) is 2. The van der Waals surface area contributed by atoms with Crippen LogP contribution >= 0.6 is 0 Å². The number of rotatable bonds is 5. The minimum Gasteiger partial charge on any atom is -0.325 e. The van der Waals surface area contributed by atoms with Gasteiger partial charge in [0.05, 0.1) is 6.42 Å². The van der Waals surface area contributed by atoms with Gasteiger partial charge in [0, 0.05) is 17.0 Å². The van der Waals surface area contributed by atoms with Crippen molar-refractivity contribution in [2.45, 2.75) is 46.0 Å². The minimum absolute atomic E-state index is 0.125. The van der Waals surface area contributed by atoms with Crippen molar-refractivity contribution in [2.75, 3.05) is 5.32 Å². The highest BCUT2D eigenvalue weighted by molar-refractivity contribution is 6.06. The molecule has 0 saturated carbocycles. The van der Waals surface area contributed by atoms with E-state index in [-0.39, 0.29) is 18.2 Å². The molecule has 27 heavy (non-hydrogen) atoms. The monoisotopic (exact) mass is 363 g/mol. The van der Waals surface area contributed by atoms with Crippen molar-refractivity contribution in [3.8, 4) is 0 Å². The molecule has 5 nitrogen and oxygen atoms in total. The molecule has 1 aliphatic carbocycles. The number of hydrazone groups is 1. The molecule has 2 aromatic carbocycles. The fourth-order valence-electron chi connectivity index (χ4n) is 3.28. The fourth-order valence-corrected chi connectivity index (χ4v) is 3.28.